The van der Waals surface area contributed by atoms with Crippen LogP contribution < -0.4 is 5.32 Å². The van der Waals surface area contributed by atoms with Crippen LogP contribution >= 0.6 is 0 Å². The van der Waals surface area contributed by atoms with E-state index in [1.54, 1.807) is 0 Å². The Morgan fingerprint density at radius 2 is 2.25 bits per heavy atom. The fourth-order valence-corrected chi connectivity index (χ4v) is 0.951. The predicted octanol–water partition coefficient (Wildman–Crippen LogP) is -1.77. The highest BCUT2D eigenvalue weighted by Gasteiger charge is 2.13. The molecule has 8 heteroatoms. The summed E-state index contributed by atoms with van der Waals surface area (Å²) in [6.07, 6.45) is 1.40. The summed E-state index contributed by atoms with van der Waals surface area (Å²) < 4.78 is 1.48. The van der Waals surface area contributed by atoms with Gasteiger partial charge in [-0.25, -0.2) is 9.78 Å². The van der Waals surface area contributed by atoms with E-state index in [9.17, 15) is 9.59 Å². The maximum absolute atomic E-state index is 11.2. The molecule has 0 aliphatic heterocycles. The molecule has 0 bridgehead atoms. The molecule has 3 N–H and O–H groups in total. The van der Waals surface area contributed by atoms with Crippen molar-refractivity contribution in [1.29, 1.82) is 0 Å². The van der Waals surface area contributed by atoms with E-state index in [-0.39, 0.29) is 18.9 Å². The van der Waals surface area contributed by atoms with E-state index in [0.29, 0.717) is 6.54 Å². The number of aliphatic carboxylic acids is 1. The molecule has 0 aliphatic rings. The number of carboxylic acids is 1. The van der Waals surface area contributed by atoms with Crippen molar-refractivity contribution < 1.29 is 19.8 Å². The number of carboxylic acid groups (broad SMARTS) is 1. The summed E-state index contributed by atoms with van der Waals surface area (Å²) in [7, 11) is 0. The molecule has 0 radical (unpaired) electrons. The van der Waals surface area contributed by atoms with Crippen LogP contribution in [-0.4, -0.2) is 49.5 Å². The number of aliphatic hydroxyl groups excluding tert-OH is 1. The van der Waals surface area contributed by atoms with Gasteiger partial charge in [0.05, 0.1) is 13.1 Å². The van der Waals surface area contributed by atoms with Crippen molar-refractivity contribution in [2.24, 2.45) is 0 Å². The smallest absolute Gasteiger partial charge is 0.334 e. The Hall–Kier alpha value is -1.96. The Morgan fingerprint density at radius 1 is 1.50 bits per heavy atom. The minimum atomic E-state index is -1.57. The zero-order valence-corrected chi connectivity index (χ0v) is 8.41. The van der Waals surface area contributed by atoms with Gasteiger partial charge in [0.15, 0.2) is 6.10 Å². The highest BCUT2D eigenvalue weighted by molar-refractivity contribution is 5.77. The molecule has 0 saturated heterocycles. The summed E-state index contributed by atoms with van der Waals surface area (Å²) in [5.74, 6) is -1.72. The Balaban J connectivity index is 2.19. The Labute approximate surface area is 90.9 Å². The number of aryl methyl sites for hydroxylation is 1. The number of hydrogen-bond donors (Lipinski definition) is 3. The lowest BCUT2D eigenvalue weighted by atomic mass is 10.3. The SMILES string of the molecule is O=C(CCn1cncn1)NC[C@H](O)C(=O)O. The molecule has 1 rings (SSSR count). The average Bonchev–Trinajstić information content (AvgIpc) is 2.75. The van der Waals surface area contributed by atoms with Crippen LogP contribution in [0, 0.1) is 0 Å². The molecular weight excluding hydrogens is 216 g/mol. The first-order chi connectivity index (χ1) is 7.59. The molecule has 1 heterocycles. The average molecular weight is 228 g/mol. The Kier molecular flexibility index (Phi) is 4.40. The Morgan fingerprint density at radius 3 is 2.81 bits per heavy atom. The lowest BCUT2D eigenvalue weighted by molar-refractivity contribution is -0.146. The van der Waals surface area contributed by atoms with Gasteiger partial charge in [-0.2, -0.15) is 5.10 Å². The van der Waals surface area contributed by atoms with Gasteiger partial charge >= 0.3 is 5.97 Å². The second kappa shape index (κ2) is 5.81. The van der Waals surface area contributed by atoms with E-state index in [1.165, 1.54) is 17.3 Å². The quantitative estimate of drug-likeness (QED) is 0.530. The first-order valence-electron chi connectivity index (χ1n) is 4.59. The standard InChI is InChI=1S/C8H12N4O4/c13-6(8(15)16)3-10-7(14)1-2-12-5-9-4-11-12/h4-6,13H,1-3H2,(H,10,14)(H,15,16)/t6-/m0/s1. The number of carbonyl (C=O) groups excluding carboxylic acids is 1. The molecule has 0 unspecified atom stereocenters. The third-order valence-electron chi connectivity index (χ3n) is 1.81. The minimum absolute atomic E-state index is 0.149. The summed E-state index contributed by atoms with van der Waals surface area (Å²) in [6, 6.07) is 0. The topological polar surface area (TPSA) is 117 Å². The molecule has 0 aliphatic carbocycles. The number of aromatic nitrogens is 3. The highest BCUT2D eigenvalue weighted by atomic mass is 16.4. The summed E-state index contributed by atoms with van der Waals surface area (Å²) >= 11 is 0. The first-order valence-corrected chi connectivity index (χ1v) is 4.59. The molecule has 0 saturated carbocycles. The second-order valence-corrected chi connectivity index (χ2v) is 3.07. The van der Waals surface area contributed by atoms with E-state index < -0.39 is 12.1 Å². The first kappa shape index (κ1) is 12.1. The predicted molar refractivity (Wildman–Crippen MR) is 51.3 cm³/mol. The summed E-state index contributed by atoms with van der Waals surface area (Å²) in [4.78, 5) is 25.1. The highest BCUT2D eigenvalue weighted by Crippen LogP contribution is 1.88. The van der Waals surface area contributed by atoms with Crippen molar-refractivity contribution >= 4 is 11.9 Å². The van der Waals surface area contributed by atoms with Crippen LogP contribution in [0.3, 0.4) is 0 Å². The lowest BCUT2D eigenvalue weighted by Gasteiger charge is -2.07. The number of hydrogen-bond acceptors (Lipinski definition) is 5. The van der Waals surface area contributed by atoms with Crippen molar-refractivity contribution in [3.8, 4) is 0 Å². The fraction of sp³-hybridized carbons (Fsp3) is 0.500. The monoisotopic (exact) mass is 228 g/mol. The lowest BCUT2D eigenvalue weighted by Crippen LogP contribution is -2.36. The Bertz CT molecular complexity index is 351. The molecule has 0 aromatic carbocycles. The van der Waals surface area contributed by atoms with E-state index in [2.05, 4.69) is 15.4 Å². The zero-order valence-electron chi connectivity index (χ0n) is 8.41. The molecular formula is C8H12N4O4. The van der Waals surface area contributed by atoms with Crippen molar-refractivity contribution in [2.45, 2.75) is 19.1 Å². The molecule has 0 spiro atoms. The van der Waals surface area contributed by atoms with E-state index in [1.807, 2.05) is 0 Å². The normalized spacial score (nSPS) is 12.1. The van der Waals surface area contributed by atoms with Gasteiger partial charge in [-0.15, -0.1) is 0 Å². The minimum Gasteiger partial charge on any atom is -0.479 e. The number of amides is 1. The van der Waals surface area contributed by atoms with Gasteiger partial charge in [0.2, 0.25) is 5.91 Å². The van der Waals surface area contributed by atoms with Crippen LogP contribution in [0.4, 0.5) is 0 Å². The molecule has 8 nitrogen and oxygen atoms in total. The summed E-state index contributed by atoms with van der Waals surface area (Å²) in [5.41, 5.74) is 0. The second-order valence-electron chi connectivity index (χ2n) is 3.07. The number of aliphatic hydroxyl groups is 1. The molecule has 1 aromatic rings. The van der Waals surface area contributed by atoms with Crippen LogP contribution in [0.2, 0.25) is 0 Å². The summed E-state index contributed by atoms with van der Waals surface area (Å²) in [6.45, 7) is 0.0561. The van der Waals surface area contributed by atoms with E-state index in [0.717, 1.165) is 0 Å². The molecule has 1 atom stereocenters. The number of nitrogens with one attached hydrogen (secondary N) is 1. The summed E-state index contributed by atoms with van der Waals surface area (Å²) in [5, 5.41) is 23.3. The molecule has 88 valence electrons. The van der Waals surface area contributed by atoms with Gasteiger partial charge in [0.25, 0.3) is 0 Å². The van der Waals surface area contributed by atoms with Crippen LogP contribution in [0.5, 0.6) is 0 Å². The zero-order chi connectivity index (χ0) is 12.0. The van der Waals surface area contributed by atoms with Gasteiger partial charge < -0.3 is 15.5 Å². The third kappa shape index (κ3) is 4.05. The molecule has 16 heavy (non-hydrogen) atoms. The largest absolute Gasteiger partial charge is 0.479 e. The maximum atomic E-state index is 11.2. The van der Waals surface area contributed by atoms with Gasteiger partial charge in [-0.1, -0.05) is 0 Å². The number of rotatable bonds is 6. The van der Waals surface area contributed by atoms with Gasteiger partial charge in [-0.05, 0) is 0 Å². The van der Waals surface area contributed by atoms with Gasteiger partial charge in [0, 0.05) is 6.42 Å². The van der Waals surface area contributed by atoms with Crippen molar-refractivity contribution in [1.82, 2.24) is 20.1 Å². The third-order valence-corrected chi connectivity index (χ3v) is 1.81. The van der Waals surface area contributed by atoms with Crippen molar-refractivity contribution in [2.75, 3.05) is 6.54 Å². The molecule has 1 amide bonds. The maximum Gasteiger partial charge on any atom is 0.334 e. The van der Waals surface area contributed by atoms with Crippen LogP contribution in [0.25, 0.3) is 0 Å². The van der Waals surface area contributed by atoms with Crippen molar-refractivity contribution in [3.05, 3.63) is 12.7 Å². The molecule has 0 fully saturated rings. The van der Waals surface area contributed by atoms with Crippen LogP contribution in [0.1, 0.15) is 6.42 Å². The number of nitrogens with zero attached hydrogens (tertiary/aromatic N) is 3. The van der Waals surface area contributed by atoms with Crippen LogP contribution in [0.15, 0.2) is 12.7 Å². The van der Waals surface area contributed by atoms with Crippen molar-refractivity contribution in [3.63, 3.8) is 0 Å². The van der Waals surface area contributed by atoms with E-state index >= 15 is 0 Å². The van der Waals surface area contributed by atoms with Crippen LogP contribution in [-0.2, 0) is 16.1 Å². The van der Waals surface area contributed by atoms with E-state index in [4.69, 9.17) is 10.2 Å². The number of carbonyl (C=O) groups is 2. The molecule has 1 aromatic heterocycles. The van der Waals surface area contributed by atoms with Gasteiger partial charge in [0.1, 0.15) is 12.7 Å². The van der Waals surface area contributed by atoms with Gasteiger partial charge in [-0.3, -0.25) is 9.48 Å². The fourth-order valence-electron chi connectivity index (χ4n) is 0.951.